The Hall–Kier alpha value is -3.22. The van der Waals surface area contributed by atoms with Crippen LogP contribution in [-0.4, -0.2) is 46.8 Å². The van der Waals surface area contributed by atoms with Crippen molar-refractivity contribution in [2.45, 2.75) is 13.8 Å². The lowest BCUT2D eigenvalue weighted by atomic mass is 10.2. The molecule has 1 N–H and O–H groups in total. The van der Waals surface area contributed by atoms with Crippen LogP contribution in [0.1, 0.15) is 29.8 Å². The third-order valence-electron chi connectivity index (χ3n) is 4.45. The van der Waals surface area contributed by atoms with Gasteiger partial charge in [0.05, 0.1) is 27.2 Å². The highest BCUT2D eigenvalue weighted by atomic mass is 79.9. The Morgan fingerprint density at radius 2 is 2.09 bits per heavy atom. The second kappa shape index (κ2) is 11.1. The molecular formula is C24H21BrN2O5S. The molecule has 1 saturated heterocycles. The number of hydrogen-bond donors (Lipinski definition) is 1. The number of carboxylic acid groups (broad SMARTS) is 1. The molecule has 0 radical (unpaired) electrons. The zero-order valence-electron chi connectivity index (χ0n) is 18.0. The average molecular weight is 529 g/mol. The van der Waals surface area contributed by atoms with Crippen LogP contribution < -0.4 is 9.47 Å². The summed E-state index contributed by atoms with van der Waals surface area (Å²) >= 11 is 4.71. The molecule has 3 rings (SSSR count). The number of benzene rings is 2. The van der Waals surface area contributed by atoms with Crippen molar-refractivity contribution in [1.29, 1.82) is 0 Å². The number of carboxylic acids is 1. The van der Waals surface area contributed by atoms with Crippen LogP contribution in [0.4, 0.5) is 5.69 Å². The van der Waals surface area contributed by atoms with E-state index < -0.39 is 5.97 Å². The number of rotatable bonds is 8. The molecule has 1 aliphatic rings. The van der Waals surface area contributed by atoms with Crippen molar-refractivity contribution in [3.63, 3.8) is 0 Å². The fourth-order valence-corrected chi connectivity index (χ4v) is 4.67. The predicted octanol–water partition coefficient (Wildman–Crippen LogP) is 5.18. The zero-order chi connectivity index (χ0) is 24.0. The van der Waals surface area contributed by atoms with Crippen molar-refractivity contribution in [2.75, 3.05) is 19.8 Å². The largest absolute Gasteiger partial charge is 0.490 e. The Balaban J connectivity index is 1.96. The Labute approximate surface area is 204 Å². The molecule has 2 aromatic rings. The Morgan fingerprint density at radius 1 is 1.30 bits per heavy atom. The van der Waals surface area contributed by atoms with Gasteiger partial charge in [-0.2, -0.15) is 0 Å². The van der Waals surface area contributed by atoms with E-state index in [1.807, 2.05) is 19.9 Å². The Kier molecular flexibility index (Phi) is 8.20. The quantitative estimate of drug-likeness (QED) is 0.375. The van der Waals surface area contributed by atoms with E-state index in [0.717, 1.165) is 5.56 Å². The lowest BCUT2D eigenvalue weighted by molar-refractivity contribution is -0.122. The van der Waals surface area contributed by atoms with Crippen molar-refractivity contribution < 1.29 is 24.2 Å². The first-order valence-corrected chi connectivity index (χ1v) is 11.6. The summed E-state index contributed by atoms with van der Waals surface area (Å²) in [5.41, 5.74) is 1.33. The molecule has 1 amide bonds. The fraction of sp³-hybridized carbons (Fsp3) is 0.208. The van der Waals surface area contributed by atoms with E-state index in [9.17, 15) is 14.7 Å². The van der Waals surface area contributed by atoms with Crippen LogP contribution in [0.25, 0.3) is 6.08 Å². The molecule has 7 nitrogen and oxygen atoms in total. The summed E-state index contributed by atoms with van der Waals surface area (Å²) in [4.78, 5) is 30.8. The summed E-state index contributed by atoms with van der Waals surface area (Å²) in [7, 11) is 0. The van der Waals surface area contributed by atoms with Crippen LogP contribution in [0.5, 0.6) is 11.5 Å². The van der Waals surface area contributed by atoms with Crippen LogP contribution in [-0.2, 0) is 4.79 Å². The molecule has 1 aliphatic heterocycles. The predicted molar refractivity (Wildman–Crippen MR) is 133 cm³/mol. The Morgan fingerprint density at radius 3 is 2.76 bits per heavy atom. The van der Waals surface area contributed by atoms with Crippen LogP contribution in [0.3, 0.4) is 0 Å². The van der Waals surface area contributed by atoms with Crippen LogP contribution in [0.15, 0.2) is 50.8 Å². The highest BCUT2D eigenvalue weighted by Gasteiger charge is 2.32. The number of hydrogen-bond acceptors (Lipinski definition) is 6. The molecule has 170 valence electrons. The maximum absolute atomic E-state index is 13.0. The normalized spacial score (nSPS) is 15.7. The summed E-state index contributed by atoms with van der Waals surface area (Å²) in [5, 5.41) is 9.69. The smallest absolute Gasteiger partial charge is 0.335 e. The Bertz CT molecular complexity index is 1190. The number of aromatic carboxylic acids is 1. The number of carbonyl (C=O) groups is 2. The highest BCUT2D eigenvalue weighted by molar-refractivity contribution is 9.10. The second-order valence-corrected chi connectivity index (χ2v) is 8.53. The van der Waals surface area contributed by atoms with Crippen molar-refractivity contribution in [1.82, 2.24) is 4.90 Å². The number of likely N-dealkylation sites (N-methyl/N-ethyl adjacent to an activating group) is 1. The van der Waals surface area contributed by atoms with Gasteiger partial charge in [-0.15, -0.1) is 6.42 Å². The third-order valence-corrected chi connectivity index (χ3v) is 6.05. The first kappa shape index (κ1) is 24.4. The van der Waals surface area contributed by atoms with Gasteiger partial charge in [0, 0.05) is 6.54 Å². The maximum atomic E-state index is 13.0. The summed E-state index contributed by atoms with van der Waals surface area (Å²) in [6, 6.07) is 9.87. The standard InChI is InChI=1S/C24H21BrN2O5S/c1-4-10-32-21-18(25)11-15(12-19(21)31-6-3)13-20-22(28)27(5-2)24(33-20)26-17-9-7-8-16(14-17)23(29)30/h1,7-9,11-14H,5-6,10H2,2-3H3,(H,29,30)/b20-13-,26-24?. The molecule has 1 fully saturated rings. The van der Waals surface area contributed by atoms with Gasteiger partial charge in [0.2, 0.25) is 0 Å². The molecule has 9 heteroatoms. The van der Waals surface area contributed by atoms with Crippen LogP contribution in [0, 0.1) is 12.3 Å². The molecule has 0 saturated carbocycles. The number of aliphatic imine (C=N–C) groups is 1. The molecule has 33 heavy (non-hydrogen) atoms. The number of carbonyl (C=O) groups excluding carboxylic acids is 1. The minimum atomic E-state index is -1.04. The number of nitrogens with zero attached hydrogens (tertiary/aromatic N) is 2. The molecule has 0 atom stereocenters. The topological polar surface area (TPSA) is 88.4 Å². The average Bonchev–Trinajstić information content (AvgIpc) is 3.07. The monoisotopic (exact) mass is 528 g/mol. The number of ether oxygens (including phenoxy) is 2. The lowest BCUT2D eigenvalue weighted by Gasteiger charge is -2.13. The van der Waals surface area contributed by atoms with E-state index in [0.29, 0.717) is 44.9 Å². The van der Waals surface area contributed by atoms with Gasteiger partial charge in [-0.05, 0) is 83.5 Å². The van der Waals surface area contributed by atoms with Crippen molar-refractivity contribution >= 4 is 56.5 Å². The van der Waals surface area contributed by atoms with Gasteiger partial charge in [0.1, 0.15) is 6.61 Å². The highest BCUT2D eigenvalue weighted by Crippen LogP contribution is 2.39. The van der Waals surface area contributed by atoms with Gasteiger partial charge < -0.3 is 14.6 Å². The van der Waals surface area contributed by atoms with Crippen molar-refractivity contribution in [2.24, 2.45) is 4.99 Å². The van der Waals surface area contributed by atoms with E-state index in [4.69, 9.17) is 15.9 Å². The van der Waals surface area contributed by atoms with E-state index in [1.54, 1.807) is 29.2 Å². The van der Waals surface area contributed by atoms with Gasteiger partial charge in [-0.3, -0.25) is 9.69 Å². The first-order valence-electron chi connectivity index (χ1n) is 10.0. The molecule has 0 aliphatic carbocycles. The third kappa shape index (κ3) is 5.78. The fourth-order valence-electron chi connectivity index (χ4n) is 3.03. The maximum Gasteiger partial charge on any atom is 0.335 e. The van der Waals surface area contributed by atoms with E-state index in [2.05, 4.69) is 26.8 Å². The summed E-state index contributed by atoms with van der Waals surface area (Å²) in [5.74, 6) is 2.22. The van der Waals surface area contributed by atoms with Crippen LogP contribution in [0.2, 0.25) is 0 Å². The molecule has 0 aromatic heterocycles. The van der Waals surface area contributed by atoms with Crippen molar-refractivity contribution in [3.05, 3.63) is 56.9 Å². The molecule has 2 aromatic carbocycles. The number of amides is 1. The van der Waals surface area contributed by atoms with Gasteiger partial charge in [-0.1, -0.05) is 12.0 Å². The summed E-state index contributed by atoms with van der Waals surface area (Å²) in [6.07, 6.45) is 7.05. The van der Waals surface area contributed by atoms with Crippen molar-refractivity contribution in [3.8, 4) is 23.8 Å². The van der Waals surface area contributed by atoms with Gasteiger partial charge in [-0.25, -0.2) is 9.79 Å². The van der Waals surface area contributed by atoms with Gasteiger partial charge in [0.25, 0.3) is 5.91 Å². The number of halogens is 1. The van der Waals surface area contributed by atoms with Gasteiger partial charge >= 0.3 is 5.97 Å². The SMILES string of the molecule is C#CCOc1c(Br)cc(/C=C2\SC(=Nc3cccc(C(=O)O)c3)N(CC)C2=O)cc1OCC. The minimum Gasteiger partial charge on any atom is -0.490 e. The minimum absolute atomic E-state index is 0.0990. The molecule has 0 spiro atoms. The number of thioether (sulfide) groups is 1. The molecule has 1 heterocycles. The first-order chi connectivity index (χ1) is 15.9. The summed E-state index contributed by atoms with van der Waals surface area (Å²) in [6.45, 7) is 4.67. The lowest BCUT2D eigenvalue weighted by Crippen LogP contribution is -2.28. The molecule has 0 bridgehead atoms. The summed E-state index contributed by atoms with van der Waals surface area (Å²) < 4.78 is 11.9. The van der Waals surface area contributed by atoms with E-state index >= 15 is 0 Å². The number of amidine groups is 1. The molecule has 0 unspecified atom stereocenters. The second-order valence-electron chi connectivity index (χ2n) is 6.67. The zero-order valence-corrected chi connectivity index (χ0v) is 20.4. The van der Waals surface area contributed by atoms with E-state index in [1.165, 1.54) is 23.9 Å². The number of terminal acetylenes is 1. The van der Waals surface area contributed by atoms with Crippen LogP contribution >= 0.6 is 27.7 Å². The molecular weight excluding hydrogens is 508 g/mol. The van der Waals surface area contributed by atoms with E-state index in [-0.39, 0.29) is 18.1 Å². The van der Waals surface area contributed by atoms with Gasteiger partial charge in [0.15, 0.2) is 16.7 Å².